The van der Waals surface area contributed by atoms with Crippen molar-refractivity contribution in [2.75, 3.05) is 13.1 Å². The van der Waals surface area contributed by atoms with Crippen LogP contribution >= 0.6 is 0 Å². The van der Waals surface area contributed by atoms with Crippen molar-refractivity contribution in [2.45, 2.75) is 32.6 Å². The minimum atomic E-state index is -3.88. The molecule has 1 heterocycles. The normalized spacial score (nSPS) is 17.0. The molecule has 1 aromatic rings. The Bertz CT molecular complexity index is 696. The van der Waals surface area contributed by atoms with Crippen LogP contribution < -0.4 is 5.32 Å². The Balaban J connectivity index is 2.60. The summed E-state index contributed by atoms with van der Waals surface area (Å²) in [6.45, 7) is 6.49. The van der Waals surface area contributed by atoms with Gasteiger partial charge in [-0.25, -0.2) is 8.42 Å². The molecule has 0 bridgehead atoms. The van der Waals surface area contributed by atoms with Gasteiger partial charge >= 0.3 is 0 Å². The fourth-order valence-electron chi connectivity index (χ4n) is 2.48. The standard InChI is InChI=1S/C14H18N2O4S/c1-8-5-9(2)11(4)14(10(8)3)21(19,20)16-6-12(17)15-13(18)7-16/h5H,6-7H2,1-4H3,(H,15,17,18). The molecule has 6 nitrogen and oxygen atoms in total. The predicted molar refractivity (Wildman–Crippen MR) is 77.3 cm³/mol. The molecule has 2 amide bonds. The average molecular weight is 310 g/mol. The predicted octanol–water partition coefficient (Wildman–Crippen LogP) is 0.567. The topological polar surface area (TPSA) is 83.6 Å². The Morgan fingerprint density at radius 3 is 1.81 bits per heavy atom. The van der Waals surface area contributed by atoms with E-state index in [1.807, 2.05) is 19.9 Å². The molecule has 1 N–H and O–H groups in total. The van der Waals surface area contributed by atoms with Gasteiger partial charge in [0.15, 0.2) is 0 Å². The highest BCUT2D eigenvalue weighted by Gasteiger charge is 2.35. The second kappa shape index (κ2) is 5.23. The quantitative estimate of drug-likeness (QED) is 0.809. The van der Waals surface area contributed by atoms with Crippen LogP contribution in [-0.4, -0.2) is 37.6 Å². The van der Waals surface area contributed by atoms with Crippen LogP contribution in [0, 0.1) is 27.7 Å². The molecule has 1 fully saturated rings. The molecule has 0 spiro atoms. The monoisotopic (exact) mass is 310 g/mol. The number of nitrogens with one attached hydrogen (secondary N) is 1. The zero-order chi connectivity index (χ0) is 15.9. The molecule has 0 saturated carbocycles. The summed E-state index contributed by atoms with van der Waals surface area (Å²) in [6, 6.07) is 1.93. The third-order valence-corrected chi connectivity index (χ3v) is 5.88. The first-order chi connectivity index (χ1) is 9.64. The molecule has 0 atom stereocenters. The third kappa shape index (κ3) is 2.71. The minimum absolute atomic E-state index is 0.197. The van der Waals surface area contributed by atoms with Crippen molar-refractivity contribution in [3.8, 4) is 0 Å². The maximum absolute atomic E-state index is 12.8. The number of imide groups is 1. The van der Waals surface area contributed by atoms with Crippen molar-refractivity contribution in [3.05, 3.63) is 28.3 Å². The van der Waals surface area contributed by atoms with Gasteiger partial charge in [-0.1, -0.05) is 6.07 Å². The number of amides is 2. The highest BCUT2D eigenvalue weighted by Crippen LogP contribution is 2.28. The first kappa shape index (κ1) is 15.7. The Morgan fingerprint density at radius 2 is 1.38 bits per heavy atom. The lowest BCUT2D eigenvalue weighted by Gasteiger charge is -2.27. The van der Waals surface area contributed by atoms with E-state index in [4.69, 9.17) is 0 Å². The highest BCUT2D eigenvalue weighted by atomic mass is 32.2. The molecule has 1 aliphatic rings. The summed E-state index contributed by atoms with van der Waals surface area (Å²) in [5, 5.41) is 2.10. The highest BCUT2D eigenvalue weighted by molar-refractivity contribution is 7.89. The van der Waals surface area contributed by atoms with Crippen LogP contribution in [0.4, 0.5) is 0 Å². The second-order valence-electron chi connectivity index (χ2n) is 5.33. The lowest BCUT2D eigenvalue weighted by Crippen LogP contribution is -2.53. The first-order valence-corrected chi connectivity index (χ1v) is 7.99. The summed E-state index contributed by atoms with van der Waals surface area (Å²) in [5.74, 6) is -1.20. The van der Waals surface area contributed by atoms with Crippen LogP contribution in [-0.2, 0) is 19.6 Å². The van der Waals surface area contributed by atoms with Gasteiger partial charge in [0.1, 0.15) is 0 Å². The summed E-state index contributed by atoms with van der Waals surface area (Å²) in [6.07, 6.45) is 0. The molecule has 1 aliphatic heterocycles. The molecule has 7 heteroatoms. The van der Waals surface area contributed by atoms with Crippen LogP contribution in [0.3, 0.4) is 0 Å². The molecule has 0 radical (unpaired) electrons. The SMILES string of the molecule is Cc1cc(C)c(C)c(S(=O)(=O)N2CC(=O)NC(=O)C2)c1C. The van der Waals surface area contributed by atoms with Crippen LogP contribution in [0.1, 0.15) is 22.3 Å². The smallest absolute Gasteiger partial charge is 0.244 e. The van der Waals surface area contributed by atoms with Gasteiger partial charge in [0.25, 0.3) is 0 Å². The molecule has 0 aromatic heterocycles. The van der Waals surface area contributed by atoms with Gasteiger partial charge in [-0.3, -0.25) is 14.9 Å². The van der Waals surface area contributed by atoms with Gasteiger partial charge in [0.05, 0.1) is 18.0 Å². The van der Waals surface area contributed by atoms with E-state index in [9.17, 15) is 18.0 Å². The molecule has 1 saturated heterocycles. The zero-order valence-electron chi connectivity index (χ0n) is 12.5. The zero-order valence-corrected chi connectivity index (χ0v) is 13.3. The van der Waals surface area contributed by atoms with Gasteiger partial charge in [-0.15, -0.1) is 0 Å². The van der Waals surface area contributed by atoms with E-state index < -0.39 is 21.8 Å². The fraction of sp³-hybridized carbons (Fsp3) is 0.429. The molecule has 1 aromatic carbocycles. The maximum atomic E-state index is 12.8. The Labute approximate surface area is 124 Å². The summed E-state index contributed by atoms with van der Waals surface area (Å²) < 4.78 is 26.6. The second-order valence-corrected chi connectivity index (χ2v) is 7.21. The van der Waals surface area contributed by atoms with Gasteiger partial charge < -0.3 is 0 Å². The van der Waals surface area contributed by atoms with Crippen molar-refractivity contribution in [1.82, 2.24) is 9.62 Å². The van der Waals surface area contributed by atoms with Crippen molar-refractivity contribution < 1.29 is 18.0 Å². The van der Waals surface area contributed by atoms with Crippen LogP contribution in [0.2, 0.25) is 0 Å². The molecule has 0 aliphatic carbocycles. The van der Waals surface area contributed by atoms with E-state index in [0.29, 0.717) is 11.1 Å². The first-order valence-electron chi connectivity index (χ1n) is 6.55. The van der Waals surface area contributed by atoms with E-state index in [2.05, 4.69) is 5.32 Å². The van der Waals surface area contributed by atoms with Crippen LogP contribution in [0.5, 0.6) is 0 Å². The number of sulfonamides is 1. The van der Waals surface area contributed by atoms with Gasteiger partial charge in [0.2, 0.25) is 21.8 Å². The van der Waals surface area contributed by atoms with E-state index in [1.165, 1.54) is 0 Å². The van der Waals surface area contributed by atoms with Gasteiger partial charge in [-0.2, -0.15) is 4.31 Å². The Hall–Kier alpha value is -1.73. The van der Waals surface area contributed by atoms with Crippen molar-refractivity contribution >= 4 is 21.8 Å². The molecule has 2 rings (SSSR count). The fourth-order valence-corrected chi connectivity index (χ4v) is 4.41. The lowest BCUT2D eigenvalue weighted by atomic mass is 10.0. The summed E-state index contributed by atoms with van der Waals surface area (Å²) in [4.78, 5) is 23.1. The maximum Gasteiger partial charge on any atom is 0.244 e. The van der Waals surface area contributed by atoms with Gasteiger partial charge in [0, 0.05) is 0 Å². The number of benzene rings is 1. The molecular formula is C14H18N2O4S. The van der Waals surface area contributed by atoms with Crippen molar-refractivity contribution in [2.24, 2.45) is 0 Å². The number of carbonyl (C=O) groups excluding carboxylic acids is 2. The van der Waals surface area contributed by atoms with E-state index in [-0.39, 0.29) is 18.0 Å². The molecule has 21 heavy (non-hydrogen) atoms. The van der Waals surface area contributed by atoms with Gasteiger partial charge in [-0.05, 0) is 49.9 Å². The largest absolute Gasteiger partial charge is 0.294 e. The summed E-state index contributed by atoms with van der Waals surface area (Å²) >= 11 is 0. The number of hydrogen-bond acceptors (Lipinski definition) is 4. The van der Waals surface area contributed by atoms with E-state index >= 15 is 0 Å². The van der Waals surface area contributed by atoms with Crippen LogP contribution in [0.15, 0.2) is 11.0 Å². The minimum Gasteiger partial charge on any atom is -0.294 e. The number of carbonyl (C=O) groups is 2. The average Bonchev–Trinajstić information content (AvgIpc) is 2.35. The number of piperazine rings is 1. The number of aryl methyl sites for hydroxylation is 2. The van der Waals surface area contributed by atoms with Crippen molar-refractivity contribution in [3.63, 3.8) is 0 Å². The number of hydrogen-bond donors (Lipinski definition) is 1. The summed E-state index contributed by atoms with van der Waals surface area (Å²) in [7, 11) is -3.88. The number of nitrogens with zero attached hydrogens (tertiary/aromatic N) is 1. The summed E-state index contributed by atoms with van der Waals surface area (Å²) in [5.41, 5.74) is 3.03. The Morgan fingerprint density at radius 1 is 0.952 bits per heavy atom. The lowest BCUT2D eigenvalue weighted by molar-refractivity contribution is -0.134. The molecular weight excluding hydrogens is 292 g/mol. The van der Waals surface area contributed by atoms with Crippen LogP contribution in [0.25, 0.3) is 0 Å². The van der Waals surface area contributed by atoms with E-state index in [0.717, 1.165) is 15.4 Å². The Kier molecular flexibility index (Phi) is 3.90. The number of rotatable bonds is 2. The molecule has 0 unspecified atom stereocenters. The van der Waals surface area contributed by atoms with E-state index in [1.54, 1.807) is 13.8 Å². The molecule has 114 valence electrons. The van der Waals surface area contributed by atoms with Crippen molar-refractivity contribution in [1.29, 1.82) is 0 Å². The third-order valence-electron chi connectivity index (χ3n) is 3.81.